The van der Waals surface area contributed by atoms with E-state index in [-0.39, 0.29) is 18.1 Å². The average molecular weight is 433 g/mol. The lowest BCUT2D eigenvalue weighted by Gasteiger charge is -2.24. The fourth-order valence-electron chi connectivity index (χ4n) is 4.23. The third-order valence-electron chi connectivity index (χ3n) is 5.80. The molecule has 7 nitrogen and oxygen atoms in total. The molecule has 5 rings (SSSR count). The highest BCUT2D eigenvalue weighted by Gasteiger charge is 2.52. The predicted molar refractivity (Wildman–Crippen MR) is 117 cm³/mol. The van der Waals surface area contributed by atoms with E-state index in [0.717, 1.165) is 5.56 Å². The van der Waals surface area contributed by atoms with Crippen molar-refractivity contribution in [2.45, 2.75) is 18.6 Å². The second-order valence-corrected chi connectivity index (χ2v) is 7.80. The highest BCUT2D eigenvalue weighted by atomic mass is 16.7. The molecular formula is C25H23NO6. The van der Waals surface area contributed by atoms with Crippen LogP contribution in [0.15, 0.2) is 66.7 Å². The number of phenols is 1. The molecule has 3 aromatic rings. The van der Waals surface area contributed by atoms with Crippen LogP contribution in [0.3, 0.4) is 0 Å². The Labute approximate surface area is 185 Å². The Hall–Kier alpha value is -3.55. The second kappa shape index (κ2) is 8.18. The largest absolute Gasteiger partial charge is 0.507 e. The molecule has 2 aliphatic heterocycles. The van der Waals surface area contributed by atoms with E-state index in [2.05, 4.69) is 0 Å². The van der Waals surface area contributed by atoms with Gasteiger partial charge >= 0.3 is 0 Å². The van der Waals surface area contributed by atoms with E-state index in [1.54, 1.807) is 23.1 Å². The summed E-state index contributed by atoms with van der Waals surface area (Å²) >= 11 is 0. The van der Waals surface area contributed by atoms with E-state index < -0.39 is 11.5 Å². The van der Waals surface area contributed by atoms with Gasteiger partial charge in [0.2, 0.25) is 12.4 Å². The van der Waals surface area contributed by atoms with Gasteiger partial charge in [-0.15, -0.1) is 0 Å². The number of amides is 1. The van der Waals surface area contributed by atoms with Crippen LogP contribution in [-0.4, -0.2) is 36.1 Å². The predicted octanol–water partition coefficient (Wildman–Crippen LogP) is 3.31. The van der Waals surface area contributed by atoms with Crippen molar-refractivity contribution >= 4 is 11.6 Å². The van der Waals surface area contributed by atoms with Gasteiger partial charge in [0.25, 0.3) is 5.91 Å². The minimum Gasteiger partial charge on any atom is -0.507 e. The molecule has 2 aliphatic rings. The molecule has 32 heavy (non-hydrogen) atoms. The molecule has 0 radical (unpaired) electrons. The summed E-state index contributed by atoms with van der Waals surface area (Å²) in [7, 11) is 0. The molecule has 0 saturated heterocycles. The number of carbonyl (C=O) groups excluding carboxylic acids is 1. The minimum atomic E-state index is -2.02. The van der Waals surface area contributed by atoms with E-state index in [4.69, 9.17) is 14.2 Å². The number of rotatable bonds is 7. The van der Waals surface area contributed by atoms with Crippen LogP contribution in [-0.2, 0) is 21.7 Å². The number of hydrogen-bond acceptors (Lipinski definition) is 6. The Morgan fingerprint density at radius 2 is 1.69 bits per heavy atom. The number of nitrogens with zero attached hydrogens (tertiary/aromatic N) is 1. The molecule has 1 unspecified atom stereocenters. The molecule has 0 aliphatic carbocycles. The lowest BCUT2D eigenvalue weighted by Crippen LogP contribution is -2.41. The first kappa shape index (κ1) is 20.4. The highest BCUT2D eigenvalue weighted by Crippen LogP contribution is 2.49. The molecular weight excluding hydrogens is 410 g/mol. The summed E-state index contributed by atoms with van der Waals surface area (Å²) in [5.74, 6) is 0.00847. The average Bonchev–Trinajstić information content (AvgIpc) is 3.35. The number of carbonyl (C=O) groups is 1. The van der Waals surface area contributed by atoms with Gasteiger partial charge in [-0.3, -0.25) is 4.79 Å². The first-order chi connectivity index (χ1) is 15.6. The van der Waals surface area contributed by atoms with Gasteiger partial charge in [0.05, 0.1) is 12.3 Å². The molecule has 164 valence electrons. The van der Waals surface area contributed by atoms with Crippen LogP contribution in [0.1, 0.15) is 23.1 Å². The summed E-state index contributed by atoms with van der Waals surface area (Å²) in [6, 6.07) is 19.8. The number of ether oxygens (including phenoxy) is 3. The fraction of sp³-hybridized carbons (Fsp3) is 0.240. The van der Waals surface area contributed by atoms with Crippen molar-refractivity contribution in [2.75, 3.05) is 24.8 Å². The van der Waals surface area contributed by atoms with Crippen LogP contribution in [0.2, 0.25) is 0 Å². The number of para-hydroxylation sites is 1. The zero-order valence-electron chi connectivity index (χ0n) is 17.4. The van der Waals surface area contributed by atoms with Gasteiger partial charge in [0.15, 0.2) is 11.5 Å². The van der Waals surface area contributed by atoms with Gasteiger partial charge < -0.3 is 29.3 Å². The summed E-state index contributed by atoms with van der Waals surface area (Å²) in [5.41, 5.74) is 0.168. The maximum absolute atomic E-state index is 13.5. The summed E-state index contributed by atoms with van der Waals surface area (Å²) in [6.07, 6.45) is 0.593. The molecule has 0 spiro atoms. The van der Waals surface area contributed by atoms with Crippen LogP contribution in [0.25, 0.3) is 0 Å². The summed E-state index contributed by atoms with van der Waals surface area (Å²) in [6.45, 7) is 1.36. The van der Waals surface area contributed by atoms with Gasteiger partial charge in [-0.05, 0) is 24.1 Å². The Morgan fingerprint density at radius 1 is 0.969 bits per heavy atom. The second-order valence-electron chi connectivity index (χ2n) is 7.80. The molecule has 2 heterocycles. The van der Waals surface area contributed by atoms with Crippen LogP contribution in [0.4, 0.5) is 5.69 Å². The van der Waals surface area contributed by atoms with Crippen LogP contribution in [0, 0.1) is 0 Å². The summed E-state index contributed by atoms with van der Waals surface area (Å²) in [5, 5.41) is 22.2. The first-order valence-corrected chi connectivity index (χ1v) is 10.5. The van der Waals surface area contributed by atoms with Gasteiger partial charge in [0, 0.05) is 30.3 Å². The molecule has 7 heteroatoms. The Bertz CT molecular complexity index is 1150. The van der Waals surface area contributed by atoms with Crippen molar-refractivity contribution in [3.8, 4) is 17.2 Å². The number of benzene rings is 3. The van der Waals surface area contributed by atoms with Crippen molar-refractivity contribution in [1.82, 2.24) is 0 Å². The lowest BCUT2D eigenvalue weighted by molar-refractivity contribution is -0.132. The van der Waals surface area contributed by atoms with Crippen molar-refractivity contribution < 1.29 is 29.2 Å². The van der Waals surface area contributed by atoms with Gasteiger partial charge in [0.1, 0.15) is 5.75 Å². The quantitative estimate of drug-likeness (QED) is 0.556. The first-order valence-electron chi connectivity index (χ1n) is 10.5. The van der Waals surface area contributed by atoms with Crippen molar-refractivity contribution in [3.63, 3.8) is 0 Å². The number of aromatic hydroxyl groups is 1. The summed E-state index contributed by atoms with van der Waals surface area (Å²) < 4.78 is 16.4. The monoisotopic (exact) mass is 433 g/mol. The highest BCUT2D eigenvalue weighted by molar-refractivity contribution is 6.09. The molecule has 1 amide bonds. The number of hydrogen-bond donors (Lipinski definition) is 2. The van der Waals surface area contributed by atoms with E-state index in [1.165, 1.54) is 12.1 Å². The van der Waals surface area contributed by atoms with Crippen LogP contribution >= 0.6 is 0 Å². The summed E-state index contributed by atoms with van der Waals surface area (Å²) in [4.78, 5) is 15.0. The van der Waals surface area contributed by atoms with Crippen LogP contribution in [0.5, 0.6) is 17.2 Å². The Kier molecular flexibility index (Phi) is 5.20. The number of fused-ring (bicyclic) bond motifs is 2. The smallest absolute Gasteiger partial charge is 0.268 e. The van der Waals surface area contributed by atoms with Gasteiger partial charge in [-0.1, -0.05) is 48.5 Å². The Balaban J connectivity index is 1.36. The number of aliphatic hydroxyl groups is 1. The van der Waals surface area contributed by atoms with Gasteiger partial charge in [-0.25, -0.2) is 0 Å². The minimum absolute atomic E-state index is 0.0241. The van der Waals surface area contributed by atoms with E-state index in [0.29, 0.717) is 48.9 Å². The van der Waals surface area contributed by atoms with E-state index in [1.807, 2.05) is 36.4 Å². The molecule has 0 aromatic heterocycles. The molecule has 0 bridgehead atoms. The molecule has 2 N–H and O–H groups in total. The maximum Gasteiger partial charge on any atom is 0.268 e. The third-order valence-corrected chi connectivity index (χ3v) is 5.80. The standard InChI is InChI=1S/C25H23NO6/c27-21-14-23-22(31-16-32-23)13-19(21)25(29)18-9-4-5-10-20(18)26(24(25)28)11-6-12-30-15-17-7-2-1-3-8-17/h1-5,7-10,13-14,27,29H,6,11-12,15-16H2. The maximum atomic E-state index is 13.5. The molecule has 0 fully saturated rings. The van der Waals surface area contributed by atoms with E-state index in [9.17, 15) is 15.0 Å². The zero-order valence-corrected chi connectivity index (χ0v) is 17.4. The fourth-order valence-corrected chi connectivity index (χ4v) is 4.23. The van der Waals surface area contributed by atoms with Crippen molar-refractivity contribution in [3.05, 3.63) is 83.4 Å². The molecule has 1 atom stereocenters. The van der Waals surface area contributed by atoms with Gasteiger partial charge in [-0.2, -0.15) is 0 Å². The Morgan fingerprint density at radius 3 is 2.50 bits per heavy atom. The zero-order chi connectivity index (χ0) is 22.1. The SMILES string of the molecule is O=C1N(CCCOCc2ccccc2)c2ccccc2C1(O)c1cc2c(cc1O)OCO2. The normalized spacial score (nSPS) is 18.8. The van der Waals surface area contributed by atoms with Crippen molar-refractivity contribution in [2.24, 2.45) is 0 Å². The molecule has 0 saturated carbocycles. The number of anilines is 1. The van der Waals surface area contributed by atoms with Crippen molar-refractivity contribution in [1.29, 1.82) is 0 Å². The van der Waals surface area contributed by atoms with E-state index >= 15 is 0 Å². The number of phenolic OH excluding ortho intramolecular Hbond substituents is 1. The topological polar surface area (TPSA) is 88.5 Å². The lowest BCUT2D eigenvalue weighted by atomic mass is 9.86. The third kappa shape index (κ3) is 3.36. The van der Waals surface area contributed by atoms with Crippen LogP contribution < -0.4 is 14.4 Å². The molecule has 3 aromatic carbocycles.